The topological polar surface area (TPSA) is 145 Å². The minimum Gasteiger partial charge on any atom is -0.390 e. The molecule has 10 nitrogen and oxygen atoms in total. The van der Waals surface area contributed by atoms with E-state index in [0.29, 0.717) is 38.3 Å². The van der Waals surface area contributed by atoms with E-state index in [1.807, 2.05) is 45.0 Å². The van der Waals surface area contributed by atoms with Crippen LogP contribution in [0, 0.1) is 17.6 Å². The number of urea groups is 1. The quantitative estimate of drug-likeness (QED) is 0.163. The first-order valence-electron chi connectivity index (χ1n) is 16.7. The summed E-state index contributed by atoms with van der Waals surface area (Å²) in [6, 6.07) is 8.93. The number of carbonyl (C=O) groups is 3. The van der Waals surface area contributed by atoms with Crippen molar-refractivity contribution < 1.29 is 36.7 Å². The first-order chi connectivity index (χ1) is 22.6. The second kappa shape index (κ2) is 17.3. The number of rotatable bonds is 19. The second-order valence-corrected chi connectivity index (χ2v) is 15.5. The van der Waals surface area contributed by atoms with Crippen LogP contribution in [-0.4, -0.2) is 78.0 Å². The van der Waals surface area contributed by atoms with Crippen LogP contribution >= 0.6 is 0 Å². The smallest absolute Gasteiger partial charge is 0.325 e. The van der Waals surface area contributed by atoms with Crippen LogP contribution in [0.3, 0.4) is 0 Å². The fraction of sp³-hybridized carbons (Fsp3) is 0.571. The van der Waals surface area contributed by atoms with Crippen LogP contribution in [0.15, 0.2) is 42.5 Å². The number of hydrogen-bond acceptors (Lipinski definition) is 7. The van der Waals surface area contributed by atoms with Gasteiger partial charge in [-0.2, -0.15) is 0 Å². The molecule has 4 N–H and O–H groups in total. The molecule has 1 heterocycles. The van der Waals surface area contributed by atoms with Crippen LogP contribution in [-0.2, 0) is 38.8 Å². The lowest BCUT2D eigenvalue weighted by Gasteiger charge is -2.29. The molecule has 2 aromatic rings. The number of amides is 4. The van der Waals surface area contributed by atoms with Crippen molar-refractivity contribution in [1.82, 2.24) is 20.9 Å². The fourth-order valence-corrected chi connectivity index (χ4v) is 8.29. The van der Waals surface area contributed by atoms with E-state index >= 15 is 0 Å². The van der Waals surface area contributed by atoms with Crippen molar-refractivity contribution >= 4 is 27.7 Å². The molecule has 3 rings (SSSR count). The van der Waals surface area contributed by atoms with Gasteiger partial charge in [0.05, 0.1) is 29.1 Å². The molecule has 3 atom stereocenters. The zero-order valence-electron chi connectivity index (χ0n) is 28.5. The number of nitrogens with zero attached hydrogens (tertiary/aromatic N) is 1. The van der Waals surface area contributed by atoms with E-state index in [0.717, 1.165) is 34.6 Å². The third kappa shape index (κ3) is 10.8. The van der Waals surface area contributed by atoms with Crippen molar-refractivity contribution in [1.29, 1.82) is 0 Å². The molecule has 0 spiro atoms. The van der Waals surface area contributed by atoms with E-state index in [4.69, 9.17) is 0 Å². The monoisotopic (exact) mass is 692 g/mol. The van der Waals surface area contributed by atoms with E-state index in [1.165, 1.54) is 13.8 Å². The van der Waals surface area contributed by atoms with Crippen molar-refractivity contribution in [3.8, 4) is 0 Å². The van der Waals surface area contributed by atoms with Crippen molar-refractivity contribution in [2.75, 3.05) is 18.8 Å². The normalized spacial score (nSPS) is 16.6. The number of sulfone groups is 1. The molecule has 1 aliphatic heterocycles. The lowest BCUT2D eigenvalue weighted by atomic mass is 9.99. The van der Waals surface area contributed by atoms with Gasteiger partial charge in [-0.15, -0.1) is 0 Å². The summed E-state index contributed by atoms with van der Waals surface area (Å²) in [5, 5.41) is 19.0. The molecule has 13 heteroatoms. The average Bonchev–Trinajstić information content (AvgIpc) is 3.20. The van der Waals surface area contributed by atoms with Gasteiger partial charge in [0.15, 0.2) is 9.84 Å². The summed E-state index contributed by atoms with van der Waals surface area (Å²) in [4.78, 5) is 40.7. The van der Waals surface area contributed by atoms with Gasteiger partial charge in [-0.25, -0.2) is 22.0 Å². The molecule has 0 bridgehead atoms. The molecule has 2 aromatic carbocycles. The van der Waals surface area contributed by atoms with Crippen LogP contribution in [0.1, 0.15) is 77.0 Å². The minimum absolute atomic E-state index is 0.0155. The zero-order chi connectivity index (χ0) is 35.6. The minimum atomic E-state index is -3.88. The van der Waals surface area contributed by atoms with Crippen LogP contribution in [0.5, 0.6) is 0 Å². The molecular weight excluding hydrogens is 642 g/mol. The van der Waals surface area contributed by atoms with Gasteiger partial charge in [0.1, 0.15) is 17.2 Å². The fourth-order valence-electron chi connectivity index (χ4n) is 6.01. The second-order valence-electron chi connectivity index (χ2n) is 13.2. The number of halogens is 2. The first-order valence-corrected chi connectivity index (χ1v) is 18.4. The van der Waals surface area contributed by atoms with Gasteiger partial charge in [0.25, 0.3) is 5.91 Å². The number of aryl methyl sites for hydroxylation is 1. The van der Waals surface area contributed by atoms with Crippen LogP contribution in [0.25, 0.3) is 0 Å². The molecule has 0 saturated carbocycles. The standard InChI is InChI=1S/C35H50F2N4O6S/c1-6-10-29(11-7-2)48(46,47)22-26(21-41-33(44)35(4,5)40-34(41)45)32(43)39-30(17-25-15-27(36)18-28(37)16-25)31(42)20-38-19-24-13-9-12-23(8-3)14-24/h9,12-16,18,26,29-31,38,42H,6-8,10-11,17,19-22H2,1-5H3,(H,39,43)(H,40,45)/t26?,30-,31+/m0/s1. The first kappa shape index (κ1) is 39.0. The van der Waals surface area contributed by atoms with Gasteiger partial charge in [0, 0.05) is 25.7 Å². The van der Waals surface area contributed by atoms with Gasteiger partial charge in [-0.3, -0.25) is 14.5 Å². The average molecular weight is 693 g/mol. The Kier molecular flexibility index (Phi) is 14.1. The number of benzene rings is 2. The number of aliphatic hydroxyl groups excluding tert-OH is 1. The molecule has 48 heavy (non-hydrogen) atoms. The zero-order valence-corrected chi connectivity index (χ0v) is 29.3. The lowest BCUT2D eigenvalue weighted by molar-refractivity contribution is -0.132. The third-order valence-electron chi connectivity index (χ3n) is 8.63. The highest BCUT2D eigenvalue weighted by Crippen LogP contribution is 2.23. The van der Waals surface area contributed by atoms with Crippen molar-refractivity contribution in [3.63, 3.8) is 0 Å². The molecular formula is C35H50F2N4O6S. The van der Waals surface area contributed by atoms with Crippen molar-refractivity contribution in [2.24, 2.45) is 5.92 Å². The molecule has 266 valence electrons. The van der Waals surface area contributed by atoms with Crippen LogP contribution in [0.4, 0.5) is 13.6 Å². The number of nitrogens with one attached hydrogen (secondary N) is 3. The maximum Gasteiger partial charge on any atom is 0.325 e. The molecule has 1 fully saturated rings. The predicted molar refractivity (Wildman–Crippen MR) is 181 cm³/mol. The number of hydrogen-bond donors (Lipinski definition) is 4. The Labute approximate surface area is 283 Å². The summed E-state index contributed by atoms with van der Waals surface area (Å²) >= 11 is 0. The SMILES string of the molecule is CCCC(CCC)S(=O)(=O)CC(CN1C(=O)NC(C)(C)C1=O)C(=O)N[C@@H](Cc1cc(F)cc(F)c1)[C@H](O)CNCc1cccc(CC)c1. The van der Waals surface area contributed by atoms with Crippen molar-refractivity contribution in [3.05, 3.63) is 70.8 Å². The van der Waals surface area contributed by atoms with E-state index in [2.05, 4.69) is 16.0 Å². The van der Waals surface area contributed by atoms with Gasteiger partial charge in [-0.1, -0.05) is 57.9 Å². The van der Waals surface area contributed by atoms with Gasteiger partial charge < -0.3 is 21.1 Å². The van der Waals surface area contributed by atoms with E-state index in [1.54, 1.807) is 0 Å². The molecule has 4 amide bonds. The number of carbonyl (C=O) groups excluding carboxylic acids is 3. The summed E-state index contributed by atoms with van der Waals surface area (Å²) in [6.45, 7) is 8.67. The summed E-state index contributed by atoms with van der Waals surface area (Å²) in [7, 11) is -3.88. The van der Waals surface area contributed by atoms with Gasteiger partial charge >= 0.3 is 6.03 Å². The molecule has 1 unspecified atom stereocenters. The Hall–Kier alpha value is -3.42. The number of imide groups is 1. The van der Waals surface area contributed by atoms with Crippen LogP contribution < -0.4 is 16.0 Å². The maximum absolute atomic E-state index is 14.1. The van der Waals surface area contributed by atoms with E-state index < -0.39 is 80.5 Å². The Bertz CT molecular complexity index is 1510. The predicted octanol–water partition coefficient (Wildman–Crippen LogP) is 4.04. The Morgan fingerprint density at radius 1 is 0.979 bits per heavy atom. The summed E-state index contributed by atoms with van der Waals surface area (Å²) in [5.74, 6) is -5.09. The highest BCUT2D eigenvalue weighted by Gasteiger charge is 2.46. The molecule has 0 aliphatic carbocycles. The summed E-state index contributed by atoms with van der Waals surface area (Å²) in [6.07, 6.45) is 1.39. The highest BCUT2D eigenvalue weighted by atomic mass is 32.2. The maximum atomic E-state index is 14.1. The largest absolute Gasteiger partial charge is 0.390 e. The molecule has 1 saturated heterocycles. The van der Waals surface area contributed by atoms with Crippen LogP contribution in [0.2, 0.25) is 0 Å². The summed E-state index contributed by atoms with van der Waals surface area (Å²) < 4.78 is 55.6. The molecule has 0 aromatic heterocycles. The van der Waals surface area contributed by atoms with E-state index in [-0.39, 0.29) is 18.5 Å². The molecule has 1 aliphatic rings. The van der Waals surface area contributed by atoms with Gasteiger partial charge in [-0.05, 0) is 68.4 Å². The lowest BCUT2D eigenvalue weighted by Crippen LogP contribution is -2.53. The Morgan fingerprint density at radius 3 is 2.17 bits per heavy atom. The van der Waals surface area contributed by atoms with E-state index in [9.17, 15) is 36.7 Å². The Balaban J connectivity index is 1.90. The highest BCUT2D eigenvalue weighted by molar-refractivity contribution is 7.92. The van der Waals surface area contributed by atoms with Crippen molar-refractivity contribution in [2.45, 2.75) is 103 Å². The summed E-state index contributed by atoms with van der Waals surface area (Å²) in [5.41, 5.74) is 1.04. The number of aliphatic hydroxyl groups is 1. The third-order valence-corrected chi connectivity index (χ3v) is 11.0. The molecule has 0 radical (unpaired) electrons. The van der Waals surface area contributed by atoms with Gasteiger partial charge in [0.2, 0.25) is 5.91 Å². The Morgan fingerprint density at radius 2 is 1.60 bits per heavy atom.